The Balaban J connectivity index is 2.92. The highest BCUT2D eigenvalue weighted by atomic mass is 35.5. The van der Waals surface area contributed by atoms with Crippen molar-refractivity contribution in [3.8, 4) is 0 Å². The number of nitrogens with one attached hydrogen (secondary N) is 1. The summed E-state index contributed by atoms with van der Waals surface area (Å²) in [6.45, 7) is 0.117. The SMILES string of the molecule is COCC(Cl)CNC(=O)c1cc(F)c(F)cc1[N+](=O)[O-]. The van der Waals surface area contributed by atoms with Crippen LogP contribution in [0.1, 0.15) is 10.4 Å². The van der Waals surface area contributed by atoms with E-state index in [1.807, 2.05) is 0 Å². The molecule has 20 heavy (non-hydrogen) atoms. The van der Waals surface area contributed by atoms with Crippen molar-refractivity contribution in [3.05, 3.63) is 39.4 Å². The molecule has 0 spiro atoms. The van der Waals surface area contributed by atoms with Crippen molar-refractivity contribution >= 4 is 23.2 Å². The lowest BCUT2D eigenvalue weighted by molar-refractivity contribution is -0.385. The van der Waals surface area contributed by atoms with E-state index in [-0.39, 0.29) is 13.2 Å². The van der Waals surface area contributed by atoms with Gasteiger partial charge in [-0.15, -0.1) is 11.6 Å². The molecule has 1 amide bonds. The number of methoxy groups -OCH3 is 1. The maximum absolute atomic E-state index is 13.1. The highest BCUT2D eigenvalue weighted by molar-refractivity contribution is 6.21. The third-order valence-electron chi connectivity index (χ3n) is 2.31. The molecule has 1 atom stereocenters. The van der Waals surface area contributed by atoms with Gasteiger partial charge in [-0.2, -0.15) is 0 Å². The first-order valence-electron chi connectivity index (χ1n) is 5.41. The lowest BCUT2D eigenvalue weighted by atomic mass is 10.1. The van der Waals surface area contributed by atoms with Crippen LogP contribution in [0, 0.1) is 21.7 Å². The Morgan fingerprint density at radius 2 is 2.10 bits per heavy atom. The Hall–Kier alpha value is -1.80. The number of hydrogen-bond acceptors (Lipinski definition) is 4. The van der Waals surface area contributed by atoms with E-state index in [4.69, 9.17) is 16.3 Å². The monoisotopic (exact) mass is 308 g/mol. The third-order valence-corrected chi connectivity index (χ3v) is 2.59. The van der Waals surface area contributed by atoms with E-state index in [0.29, 0.717) is 12.1 Å². The average molecular weight is 309 g/mol. The highest BCUT2D eigenvalue weighted by Gasteiger charge is 2.24. The van der Waals surface area contributed by atoms with Crippen LogP contribution in [0.25, 0.3) is 0 Å². The van der Waals surface area contributed by atoms with Crippen LogP contribution in [-0.2, 0) is 4.74 Å². The molecule has 0 heterocycles. The average Bonchev–Trinajstić information content (AvgIpc) is 2.38. The molecule has 110 valence electrons. The number of nitro benzene ring substituents is 1. The van der Waals surface area contributed by atoms with Crippen molar-refractivity contribution < 1.29 is 23.2 Å². The van der Waals surface area contributed by atoms with Gasteiger partial charge in [0.1, 0.15) is 5.56 Å². The van der Waals surface area contributed by atoms with Crippen molar-refractivity contribution in [2.75, 3.05) is 20.3 Å². The molecule has 1 unspecified atom stereocenters. The number of rotatable bonds is 6. The molecule has 9 heteroatoms. The minimum atomic E-state index is -1.40. The molecule has 0 radical (unpaired) electrons. The fourth-order valence-corrected chi connectivity index (χ4v) is 1.61. The molecule has 0 bridgehead atoms. The zero-order valence-corrected chi connectivity index (χ0v) is 11.1. The molecule has 0 aliphatic heterocycles. The van der Waals surface area contributed by atoms with E-state index < -0.39 is 39.1 Å². The first-order chi connectivity index (χ1) is 9.36. The van der Waals surface area contributed by atoms with Crippen LogP contribution in [-0.4, -0.2) is 36.5 Å². The largest absolute Gasteiger partial charge is 0.383 e. The second kappa shape index (κ2) is 7.11. The number of halogens is 3. The first kappa shape index (κ1) is 16.3. The van der Waals surface area contributed by atoms with Crippen LogP contribution in [0.5, 0.6) is 0 Å². The summed E-state index contributed by atoms with van der Waals surface area (Å²) in [5, 5.41) is 12.5. The number of benzene rings is 1. The summed E-state index contributed by atoms with van der Waals surface area (Å²) < 4.78 is 30.8. The second-order valence-electron chi connectivity index (χ2n) is 3.80. The van der Waals surface area contributed by atoms with E-state index in [2.05, 4.69) is 5.32 Å². The molecule has 1 aromatic carbocycles. The van der Waals surface area contributed by atoms with Crippen LogP contribution in [0.3, 0.4) is 0 Å². The summed E-state index contributed by atoms with van der Waals surface area (Å²) in [4.78, 5) is 21.5. The number of alkyl halides is 1. The lowest BCUT2D eigenvalue weighted by Crippen LogP contribution is -2.32. The first-order valence-corrected chi connectivity index (χ1v) is 5.85. The summed E-state index contributed by atoms with van der Waals surface area (Å²) in [7, 11) is 1.41. The molecule has 1 N–H and O–H groups in total. The summed E-state index contributed by atoms with van der Waals surface area (Å²) in [6.07, 6.45) is 0. The number of carbonyl (C=O) groups excluding carboxylic acids is 1. The van der Waals surface area contributed by atoms with Gasteiger partial charge in [-0.3, -0.25) is 14.9 Å². The Labute approximate surface area is 117 Å². The Bertz CT molecular complexity index is 527. The van der Waals surface area contributed by atoms with Crippen molar-refractivity contribution in [1.82, 2.24) is 5.32 Å². The second-order valence-corrected chi connectivity index (χ2v) is 4.42. The van der Waals surface area contributed by atoms with E-state index in [1.54, 1.807) is 0 Å². The standard InChI is InChI=1S/C11H11ClF2N2O4/c1-20-5-6(12)4-15-11(17)7-2-8(13)9(14)3-10(7)16(18)19/h2-3,6H,4-5H2,1H3,(H,15,17). The molecule has 0 aliphatic carbocycles. The van der Waals surface area contributed by atoms with Gasteiger partial charge < -0.3 is 10.1 Å². The van der Waals surface area contributed by atoms with Gasteiger partial charge in [-0.05, 0) is 6.07 Å². The molecule has 1 aromatic rings. The molecule has 0 saturated carbocycles. The Kier molecular flexibility index (Phi) is 5.78. The van der Waals surface area contributed by atoms with Gasteiger partial charge in [-0.1, -0.05) is 0 Å². The van der Waals surface area contributed by atoms with E-state index in [9.17, 15) is 23.7 Å². The summed E-state index contributed by atoms with van der Waals surface area (Å²) in [6, 6.07) is 0.833. The summed E-state index contributed by atoms with van der Waals surface area (Å²) >= 11 is 5.76. The van der Waals surface area contributed by atoms with Crippen LogP contribution >= 0.6 is 11.6 Å². The van der Waals surface area contributed by atoms with Crippen LogP contribution in [0.15, 0.2) is 12.1 Å². The van der Waals surface area contributed by atoms with Crippen LogP contribution in [0.2, 0.25) is 0 Å². The molecule has 0 saturated heterocycles. The number of nitro groups is 1. The topological polar surface area (TPSA) is 81.5 Å². The van der Waals surface area contributed by atoms with Crippen molar-refractivity contribution in [3.63, 3.8) is 0 Å². The van der Waals surface area contributed by atoms with Gasteiger partial charge in [0.2, 0.25) is 0 Å². The fraction of sp³-hybridized carbons (Fsp3) is 0.364. The molecule has 0 aromatic heterocycles. The zero-order chi connectivity index (χ0) is 15.3. The summed E-state index contributed by atoms with van der Waals surface area (Å²) in [5.41, 5.74) is -1.39. The van der Waals surface area contributed by atoms with Crippen molar-refractivity contribution in [1.29, 1.82) is 0 Å². The fourth-order valence-electron chi connectivity index (χ4n) is 1.41. The van der Waals surface area contributed by atoms with E-state index in [1.165, 1.54) is 7.11 Å². The van der Waals surface area contributed by atoms with E-state index in [0.717, 1.165) is 0 Å². The molecule has 0 aliphatic rings. The molecular weight excluding hydrogens is 298 g/mol. The smallest absolute Gasteiger partial charge is 0.285 e. The van der Waals surface area contributed by atoms with Gasteiger partial charge in [0.05, 0.1) is 23.0 Å². The number of ether oxygens (including phenoxy) is 1. The Morgan fingerprint density at radius 1 is 1.50 bits per heavy atom. The third kappa shape index (κ3) is 4.10. The van der Waals surface area contributed by atoms with Crippen LogP contribution < -0.4 is 5.32 Å². The predicted octanol–water partition coefficient (Wildman–Crippen LogP) is 1.86. The number of carbonyl (C=O) groups is 1. The van der Waals surface area contributed by atoms with Gasteiger partial charge in [0, 0.05) is 13.7 Å². The van der Waals surface area contributed by atoms with Gasteiger partial charge in [-0.25, -0.2) is 8.78 Å². The number of hydrogen-bond donors (Lipinski definition) is 1. The molecule has 6 nitrogen and oxygen atoms in total. The number of nitrogens with zero attached hydrogens (tertiary/aromatic N) is 1. The van der Waals surface area contributed by atoms with Gasteiger partial charge >= 0.3 is 0 Å². The van der Waals surface area contributed by atoms with Gasteiger partial charge in [0.25, 0.3) is 11.6 Å². The highest BCUT2D eigenvalue weighted by Crippen LogP contribution is 2.22. The quantitative estimate of drug-likeness (QED) is 0.494. The van der Waals surface area contributed by atoms with E-state index >= 15 is 0 Å². The minimum absolute atomic E-state index is 0.0373. The maximum atomic E-state index is 13.1. The zero-order valence-electron chi connectivity index (χ0n) is 10.4. The predicted molar refractivity (Wildman–Crippen MR) is 66.9 cm³/mol. The van der Waals surface area contributed by atoms with Gasteiger partial charge in [0.15, 0.2) is 11.6 Å². The minimum Gasteiger partial charge on any atom is -0.383 e. The van der Waals surface area contributed by atoms with Crippen LogP contribution in [0.4, 0.5) is 14.5 Å². The van der Waals surface area contributed by atoms with Crippen molar-refractivity contribution in [2.24, 2.45) is 0 Å². The normalized spacial score (nSPS) is 12.0. The van der Waals surface area contributed by atoms with Crippen molar-refractivity contribution in [2.45, 2.75) is 5.38 Å². The Morgan fingerprint density at radius 3 is 2.65 bits per heavy atom. The number of amides is 1. The lowest BCUT2D eigenvalue weighted by Gasteiger charge is -2.10. The maximum Gasteiger partial charge on any atom is 0.285 e. The molecule has 1 rings (SSSR count). The molecular formula is C11H11ClF2N2O4. The summed E-state index contributed by atoms with van der Waals surface area (Å²) in [5.74, 6) is -3.67. The molecule has 0 fully saturated rings.